The van der Waals surface area contributed by atoms with E-state index in [0.29, 0.717) is 24.4 Å². The van der Waals surface area contributed by atoms with Crippen LogP contribution in [0.5, 0.6) is 0 Å². The fourth-order valence-corrected chi connectivity index (χ4v) is 1.38. The molecule has 0 radical (unpaired) electrons. The average Bonchev–Trinajstić information content (AvgIpc) is 2.28. The second-order valence-corrected chi connectivity index (χ2v) is 4.15. The Labute approximate surface area is 114 Å². The molecule has 0 fully saturated rings. The number of carbonyl (C=O) groups excluding carboxylic acids is 1. The van der Waals surface area contributed by atoms with Crippen molar-refractivity contribution in [1.29, 1.82) is 0 Å². The van der Waals surface area contributed by atoms with Gasteiger partial charge >= 0.3 is 0 Å². The summed E-state index contributed by atoms with van der Waals surface area (Å²) >= 11 is 0. The van der Waals surface area contributed by atoms with Gasteiger partial charge in [0.25, 0.3) is 5.91 Å². The molecule has 0 aliphatic heterocycles. The summed E-state index contributed by atoms with van der Waals surface area (Å²) in [6.45, 7) is 5.26. The molecule has 0 unspecified atom stereocenters. The minimum atomic E-state index is -0.0955. The van der Waals surface area contributed by atoms with E-state index in [9.17, 15) is 4.79 Å². The van der Waals surface area contributed by atoms with Crippen LogP contribution in [-0.4, -0.2) is 25.2 Å². The second kappa shape index (κ2) is 8.78. The Morgan fingerprint density at radius 1 is 1.44 bits per heavy atom. The number of hydrogen-bond donors (Lipinski definition) is 2. The Morgan fingerprint density at radius 2 is 2.17 bits per heavy atom. The van der Waals surface area contributed by atoms with Crippen molar-refractivity contribution < 1.29 is 9.53 Å². The van der Waals surface area contributed by atoms with E-state index in [1.807, 2.05) is 13.8 Å². The molecule has 0 saturated carbocycles. The van der Waals surface area contributed by atoms with Crippen LogP contribution < -0.4 is 11.1 Å². The Balaban J connectivity index is 0.00000289. The number of nitrogen functional groups attached to an aromatic ring is 1. The molecule has 0 aliphatic rings. The number of nitrogens with one attached hydrogen (secondary N) is 1. The van der Waals surface area contributed by atoms with Crippen LogP contribution in [0.3, 0.4) is 0 Å². The largest absolute Gasteiger partial charge is 0.399 e. The van der Waals surface area contributed by atoms with Crippen LogP contribution in [0.1, 0.15) is 30.6 Å². The lowest BCUT2D eigenvalue weighted by atomic mass is 10.2. The number of anilines is 1. The van der Waals surface area contributed by atoms with Gasteiger partial charge in [-0.05, 0) is 38.5 Å². The quantitative estimate of drug-likeness (QED) is 0.617. The first-order valence-electron chi connectivity index (χ1n) is 5.85. The van der Waals surface area contributed by atoms with Gasteiger partial charge in [-0.3, -0.25) is 4.79 Å². The Bertz CT molecular complexity index is 370. The smallest absolute Gasteiger partial charge is 0.251 e. The monoisotopic (exact) mass is 272 g/mol. The molecule has 1 aromatic carbocycles. The van der Waals surface area contributed by atoms with E-state index in [1.165, 1.54) is 0 Å². The fraction of sp³-hybridized carbons (Fsp3) is 0.462. The summed E-state index contributed by atoms with van der Waals surface area (Å²) in [6, 6.07) is 6.94. The molecule has 0 aromatic heterocycles. The fourth-order valence-electron chi connectivity index (χ4n) is 1.38. The Hall–Kier alpha value is -1.26. The van der Waals surface area contributed by atoms with Crippen molar-refractivity contribution in [1.82, 2.24) is 5.32 Å². The summed E-state index contributed by atoms with van der Waals surface area (Å²) in [6.07, 6.45) is 1.05. The number of rotatable bonds is 6. The van der Waals surface area contributed by atoms with Gasteiger partial charge in [0, 0.05) is 24.4 Å². The molecular formula is C13H21ClN2O2. The minimum Gasteiger partial charge on any atom is -0.399 e. The molecule has 0 atom stereocenters. The normalized spacial score (nSPS) is 9.94. The molecule has 0 aliphatic carbocycles. The summed E-state index contributed by atoms with van der Waals surface area (Å²) in [7, 11) is 0. The molecule has 1 aromatic rings. The molecule has 3 N–H and O–H groups in total. The molecule has 18 heavy (non-hydrogen) atoms. The van der Waals surface area contributed by atoms with Gasteiger partial charge in [0.1, 0.15) is 0 Å². The summed E-state index contributed by atoms with van der Waals surface area (Å²) < 4.78 is 5.38. The highest BCUT2D eigenvalue weighted by molar-refractivity contribution is 5.94. The molecule has 1 amide bonds. The van der Waals surface area contributed by atoms with Crippen LogP contribution in [0.25, 0.3) is 0 Å². The highest BCUT2D eigenvalue weighted by Gasteiger charge is 2.04. The highest BCUT2D eigenvalue weighted by atomic mass is 35.5. The minimum absolute atomic E-state index is 0. The molecular weight excluding hydrogens is 252 g/mol. The predicted octanol–water partition coefficient (Wildman–Crippen LogP) is 2.24. The lowest BCUT2D eigenvalue weighted by Crippen LogP contribution is -2.25. The number of ether oxygens (including phenoxy) is 1. The first kappa shape index (κ1) is 16.7. The summed E-state index contributed by atoms with van der Waals surface area (Å²) in [5, 5.41) is 2.83. The van der Waals surface area contributed by atoms with E-state index in [4.69, 9.17) is 10.5 Å². The van der Waals surface area contributed by atoms with Crippen LogP contribution in [0.2, 0.25) is 0 Å². The lowest BCUT2D eigenvalue weighted by molar-refractivity contribution is 0.0757. The zero-order valence-electron chi connectivity index (χ0n) is 10.8. The molecule has 1 rings (SSSR count). The summed E-state index contributed by atoms with van der Waals surface area (Å²) in [4.78, 5) is 11.7. The third kappa shape index (κ3) is 6.47. The topological polar surface area (TPSA) is 64.3 Å². The average molecular weight is 273 g/mol. The maximum absolute atomic E-state index is 11.7. The van der Waals surface area contributed by atoms with Gasteiger partial charge < -0.3 is 15.8 Å². The van der Waals surface area contributed by atoms with Gasteiger partial charge in [0.15, 0.2) is 0 Å². The van der Waals surface area contributed by atoms with Crippen molar-refractivity contribution in [2.24, 2.45) is 0 Å². The van der Waals surface area contributed by atoms with Crippen LogP contribution in [-0.2, 0) is 4.74 Å². The number of hydrogen-bond acceptors (Lipinski definition) is 3. The van der Waals surface area contributed by atoms with Crippen LogP contribution in [0.15, 0.2) is 24.3 Å². The first-order chi connectivity index (χ1) is 8.09. The molecule has 102 valence electrons. The van der Waals surface area contributed by atoms with Crippen LogP contribution in [0, 0.1) is 0 Å². The van der Waals surface area contributed by atoms with Crippen LogP contribution >= 0.6 is 12.4 Å². The molecule has 0 bridgehead atoms. The SMILES string of the molecule is CC(C)OCCCNC(=O)c1cccc(N)c1.Cl. The van der Waals surface area contributed by atoms with Crippen LogP contribution in [0.4, 0.5) is 5.69 Å². The van der Waals surface area contributed by atoms with Crippen molar-refractivity contribution in [3.8, 4) is 0 Å². The van der Waals surface area contributed by atoms with Crippen molar-refractivity contribution in [3.05, 3.63) is 29.8 Å². The van der Waals surface area contributed by atoms with Gasteiger partial charge in [-0.15, -0.1) is 12.4 Å². The van der Waals surface area contributed by atoms with Crippen molar-refractivity contribution in [3.63, 3.8) is 0 Å². The number of benzene rings is 1. The first-order valence-corrected chi connectivity index (χ1v) is 5.85. The molecule has 5 heteroatoms. The highest BCUT2D eigenvalue weighted by Crippen LogP contribution is 2.05. The number of carbonyl (C=O) groups is 1. The van der Waals surface area contributed by atoms with Gasteiger partial charge in [-0.1, -0.05) is 6.07 Å². The third-order valence-corrected chi connectivity index (χ3v) is 2.21. The van der Waals surface area contributed by atoms with Crippen molar-refractivity contribution in [2.75, 3.05) is 18.9 Å². The van der Waals surface area contributed by atoms with Gasteiger partial charge in [0.05, 0.1) is 6.10 Å². The Kier molecular flexibility index (Phi) is 8.16. The van der Waals surface area contributed by atoms with Gasteiger partial charge in [0.2, 0.25) is 0 Å². The summed E-state index contributed by atoms with van der Waals surface area (Å²) in [5.74, 6) is -0.0955. The number of nitrogens with two attached hydrogens (primary N) is 1. The zero-order chi connectivity index (χ0) is 12.7. The van der Waals surface area contributed by atoms with E-state index in [0.717, 1.165) is 6.42 Å². The molecule has 4 nitrogen and oxygen atoms in total. The number of amides is 1. The van der Waals surface area contributed by atoms with Gasteiger partial charge in [-0.25, -0.2) is 0 Å². The Morgan fingerprint density at radius 3 is 2.78 bits per heavy atom. The maximum Gasteiger partial charge on any atom is 0.251 e. The summed E-state index contributed by atoms with van der Waals surface area (Å²) in [5.41, 5.74) is 6.80. The van der Waals surface area contributed by atoms with Crippen molar-refractivity contribution >= 4 is 24.0 Å². The van der Waals surface area contributed by atoms with E-state index in [-0.39, 0.29) is 24.4 Å². The predicted molar refractivity (Wildman–Crippen MR) is 76.1 cm³/mol. The van der Waals surface area contributed by atoms with E-state index in [1.54, 1.807) is 24.3 Å². The van der Waals surface area contributed by atoms with E-state index < -0.39 is 0 Å². The molecule has 0 saturated heterocycles. The number of halogens is 1. The van der Waals surface area contributed by atoms with E-state index >= 15 is 0 Å². The lowest BCUT2D eigenvalue weighted by Gasteiger charge is -2.08. The van der Waals surface area contributed by atoms with Gasteiger partial charge in [-0.2, -0.15) is 0 Å². The molecule has 0 spiro atoms. The third-order valence-electron chi connectivity index (χ3n) is 2.21. The standard InChI is InChI=1S/C13H20N2O2.ClH/c1-10(2)17-8-4-7-15-13(16)11-5-3-6-12(14)9-11;/h3,5-6,9-10H,4,7-8,14H2,1-2H3,(H,15,16);1H. The molecule has 0 heterocycles. The zero-order valence-corrected chi connectivity index (χ0v) is 11.6. The second-order valence-electron chi connectivity index (χ2n) is 4.15. The van der Waals surface area contributed by atoms with Crippen molar-refractivity contribution in [2.45, 2.75) is 26.4 Å². The maximum atomic E-state index is 11.7. The van der Waals surface area contributed by atoms with E-state index in [2.05, 4.69) is 5.32 Å².